The Morgan fingerprint density at radius 3 is 2.76 bits per heavy atom. The standard InChI is InChI=1S/C14H16N4OS2/c1-7-4-5-9(20-7)6-16-13(19)12-11(15)10-8(2)17-18(3)14(10)21-12/h4-5H,6,15H2,1-3H3,(H,16,19). The van der Waals surface area contributed by atoms with Crippen LogP contribution in [0.3, 0.4) is 0 Å². The summed E-state index contributed by atoms with van der Waals surface area (Å²) in [7, 11) is 1.86. The van der Waals surface area contributed by atoms with E-state index in [1.165, 1.54) is 16.2 Å². The summed E-state index contributed by atoms with van der Waals surface area (Å²) in [6, 6.07) is 4.08. The van der Waals surface area contributed by atoms with E-state index in [9.17, 15) is 4.79 Å². The van der Waals surface area contributed by atoms with Crippen LogP contribution >= 0.6 is 22.7 Å². The molecule has 0 saturated heterocycles. The molecule has 21 heavy (non-hydrogen) atoms. The summed E-state index contributed by atoms with van der Waals surface area (Å²) in [5.41, 5.74) is 7.51. The van der Waals surface area contributed by atoms with Crippen LogP contribution in [0.25, 0.3) is 10.2 Å². The molecule has 0 fully saturated rings. The van der Waals surface area contributed by atoms with Crippen LogP contribution < -0.4 is 11.1 Å². The first-order valence-corrected chi connectivity index (χ1v) is 8.15. The molecule has 0 bridgehead atoms. The quantitative estimate of drug-likeness (QED) is 0.779. The van der Waals surface area contributed by atoms with Crippen molar-refractivity contribution in [2.75, 3.05) is 5.73 Å². The number of hydrogen-bond acceptors (Lipinski definition) is 5. The Morgan fingerprint density at radius 1 is 1.38 bits per heavy atom. The number of carbonyl (C=O) groups excluding carboxylic acids is 1. The van der Waals surface area contributed by atoms with Crippen molar-refractivity contribution in [3.63, 3.8) is 0 Å². The first-order valence-electron chi connectivity index (χ1n) is 6.52. The SMILES string of the molecule is Cc1ccc(CNC(=O)c2sc3c(c(C)nn3C)c2N)s1. The number of fused-ring (bicyclic) bond motifs is 1. The lowest BCUT2D eigenvalue weighted by molar-refractivity contribution is 0.0956. The van der Waals surface area contributed by atoms with Gasteiger partial charge in [-0.25, -0.2) is 0 Å². The van der Waals surface area contributed by atoms with Gasteiger partial charge in [-0.05, 0) is 26.0 Å². The lowest BCUT2D eigenvalue weighted by Gasteiger charge is -2.02. The van der Waals surface area contributed by atoms with Crippen LogP contribution in [0.5, 0.6) is 0 Å². The third-order valence-electron chi connectivity index (χ3n) is 3.31. The summed E-state index contributed by atoms with van der Waals surface area (Å²) in [6.45, 7) is 4.49. The second kappa shape index (κ2) is 5.16. The van der Waals surface area contributed by atoms with Gasteiger partial charge in [-0.2, -0.15) is 5.10 Å². The summed E-state index contributed by atoms with van der Waals surface area (Å²) >= 11 is 3.07. The molecule has 7 heteroatoms. The number of aromatic nitrogens is 2. The molecule has 0 aromatic carbocycles. The third kappa shape index (κ3) is 2.43. The fraction of sp³-hybridized carbons (Fsp3) is 0.286. The van der Waals surface area contributed by atoms with Crippen molar-refractivity contribution in [2.45, 2.75) is 20.4 Å². The van der Waals surface area contributed by atoms with Crippen molar-refractivity contribution in [1.82, 2.24) is 15.1 Å². The number of aryl methyl sites for hydroxylation is 3. The molecule has 0 saturated carbocycles. The van der Waals surface area contributed by atoms with Crippen molar-refractivity contribution in [2.24, 2.45) is 7.05 Å². The van der Waals surface area contributed by atoms with Crippen LogP contribution in [-0.4, -0.2) is 15.7 Å². The number of rotatable bonds is 3. The lowest BCUT2D eigenvalue weighted by Crippen LogP contribution is -2.22. The Labute approximate surface area is 130 Å². The zero-order chi connectivity index (χ0) is 15.1. The van der Waals surface area contributed by atoms with Gasteiger partial charge in [0.05, 0.1) is 23.3 Å². The van der Waals surface area contributed by atoms with E-state index in [-0.39, 0.29) is 5.91 Å². The monoisotopic (exact) mass is 320 g/mol. The predicted octanol–water partition coefficient (Wildman–Crippen LogP) is 2.83. The molecule has 0 aliphatic heterocycles. The minimum atomic E-state index is -0.126. The van der Waals surface area contributed by atoms with Crippen molar-refractivity contribution in [3.8, 4) is 0 Å². The number of nitrogens with zero attached hydrogens (tertiary/aromatic N) is 2. The summed E-state index contributed by atoms with van der Waals surface area (Å²) in [5.74, 6) is -0.126. The largest absolute Gasteiger partial charge is 0.397 e. The highest BCUT2D eigenvalue weighted by Crippen LogP contribution is 2.35. The molecule has 0 aliphatic rings. The maximum Gasteiger partial charge on any atom is 0.263 e. The number of amides is 1. The molecule has 0 radical (unpaired) electrons. The average Bonchev–Trinajstić information content (AvgIpc) is 3.06. The summed E-state index contributed by atoms with van der Waals surface area (Å²) in [4.78, 5) is 16.2. The summed E-state index contributed by atoms with van der Waals surface area (Å²) in [6.07, 6.45) is 0. The number of carbonyl (C=O) groups is 1. The molecule has 1 amide bonds. The van der Waals surface area contributed by atoms with E-state index in [1.807, 2.05) is 20.0 Å². The van der Waals surface area contributed by atoms with Crippen molar-refractivity contribution < 1.29 is 4.79 Å². The topological polar surface area (TPSA) is 72.9 Å². The molecule has 3 aromatic rings. The molecule has 0 spiro atoms. The average molecular weight is 320 g/mol. The molecular formula is C14H16N4OS2. The van der Waals surface area contributed by atoms with Crippen molar-refractivity contribution in [3.05, 3.63) is 32.5 Å². The van der Waals surface area contributed by atoms with E-state index in [1.54, 1.807) is 16.0 Å². The number of hydrogen-bond donors (Lipinski definition) is 2. The van der Waals surface area contributed by atoms with Crippen molar-refractivity contribution >= 4 is 44.5 Å². The fourth-order valence-corrected chi connectivity index (χ4v) is 4.26. The van der Waals surface area contributed by atoms with Crippen LogP contribution in [0.15, 0.2) is 12.1 Å². The third-order valence-corrected chi connectivity index (χ3v) is 5.58. The number of nitrogen functional groups attached to an aromatic ring is 1. The predicted molar refractivity (Wildman–Crippen MR) is 88.0 cm³/mol. The van der Waals surface area contributed by atoms with E-state index >= 15 is 0 Å². The van der Waals surface area contributed by atoms with Gasteiger partial charge in [-0.15, -0.1) is 22.7 Å². The number of nitrogens with one attached hydrogen (secondary N) is 1. The van der Waals surface area contributed by atoms with Crippen LogP contribution in [-0.2, 0) is 13.6 Å². The Balaban J connectivity index is 1.84. The van der Waals surface area contributed by atoms with E-state index in [2.05, 4.69) is 23.4 Å². The molecule has 5 nitrogen and oxygen atoms in total. The Bertz CT molecular complexity index is 828. The van der Waals surface area contributed by atoms with E-state index in [0.29, 0.717) is 17.1 Å². The van der Waals surface area contributed by atoms with Crippen molar-refractivity contribution in [1.29, 1.82) is 0 Å². The highest BCUT2D eigenvalue weighted by Gasteiger charge is 2.20. The maximum absolute atomic E-state index is 12.3. The van der Waals surface area contributed by atoms with Gasteiger partial charge in [0, 0.05) is 16.8 Å². The fourth-order valence-electron chi connectivity index (χ4n) is 2.33. The van der Waals surface area contributed by atoms with Gasteiger partial charge in [-0.3, -0.25) is 9.48 Å². The van der Waals surface area contributed by atoms with Crippen LogP contribution in [0.1, 0.15) is 25.1 Å². The van der Waals surface area contributed by atoms with Gasteiger partial charge in [0.15, 0.2) is 0 Å². The van der Waals surface area contributed by atoms with Gasteiger partial charge >= 0.3 is 0 Å². The maximum atomic E-state index is 12.3. The van der Waals surface area contributed by atoms with E-state index in [4.69, 9.17) is 5.73 Å². The van der Waals surface area contributed by atoms with Gasteiger partial charge in [0.25, 0.3) is 5.91 Å². The number of anilines is 1. The molecule has 3 N–H and O–H groups in total. The summed E-state index contributed by atoms with van der Waals surface area (Å²) in [5, 5.41) is 8.14. The molecule has 0 atom stereocenters. The highest BCUT2D eigenvalue weighted by atomic mass is 32.1. The first kappa shape index (κ1) is 14.1. The van der Waals surface area contributed by atoms with Gasteiger partial charge in [-0.1, -0.05) is 0 Å². The van der Waals surface area contributed by atoms with E-state index < -0.39 is 0 Å². The molecule has 3 aromatic heterocycles. The van der Waals surface area contributed by atoms with Gasteiger partial charge < -0.3 is 11.1 Å². The van der Waals surface area contributed by atoms with Crippen LogP contribution in [0, 0.1) is 13.8 Å². The molecule has 0 unspecified atom stereocenters. The number of nitrogens with two attached hydrogens (primary N) is 1. The Kier molecular flexibility index (Phi) is 3.46. The van der Waals surface area contributed by atoms with Gasteiger partial charge in [0.1, 0.15) is 9.71 Å². The number of thiophene rings is 2. The van der Waals surface area contributed by atoms with Gasteiger partial charge in [0.2, 0.25) is 0 Å². The van der Waals surface area contributed by atoms with Crippen LogP contribution in [0.2, 0.25) is 0 Å². The second-order valence-electron chi connectivity index (χ2n) is 4.93. The molecule has 110 valence electrons. The lowest BCUT2D eigenvalue weighted by atomic mass is 10.2. The molecule has 3 rings (SSSR count). The molecular weight excluding hydrogens is 304 g/mol. The van der Waals surface area contributed by atoms with Crippen LogP contribution in [0.4, 0.5) is 5.69 Å². The normalized spacial score (nSPS) is 11.2. The second-order valence-corrected chi connectivity index (χ2v) is 7.30. The van der Waals surface area contributed by atoms with E-state index in [0.717, 1.165) is 20.8 Å². The minimum absolute atomic E-state index is 0.126. The zero-order valence-corrected chi connectivity index (χ0v) is 13.7. The summed E-state index contributed by atoms with van der Waals surface area (Å²) < 4.78 is 1.77. The minimum Gasteiger partial charge on any atom is -0.397 e. The Morgan fingerprint density at radius 2 is 2.14 bits per heavy atom. The highest BCUT2D eigenvalue weighted by molar-refractivity contribution is 7.21. The Hall–Kier alpha value is -1.86. The first-order chi connectivity index (χ1) is 9.97. The zero-order valence-electron chi connectivity index (χ0n) is 12.1. The smallest absolute Gasteiger partial charge is 0.263 e. The molecule has 3 heterocycles. The molecule has 0 aliphatic carbocycles.